The van der Waals surface area contributed by atoms with E-state index in [2.05, 4.69) is 10.0 Å². The maximum absolute atomic E-state index is 12.0. The van der Waals surface area contributed by atoms with E-state index in [0.29, 0.717) is 17.3 Å². The first kappa shape index (κ1) is 15.8. The molecule has 6 heteroatoms. The smallest absolute Gasteiger partial charge is 0.242 e. The van der Waals surface area contributed by atoms with Crippen LogP contribution in [0.15, 0.2) is 47.4 Å². The predicted octanol–water partition coefficient (Wildman–Crippen LogP) is 3.17. The van der Waals surface area contributed by atoms with Crippen LogP contribution >= 0.6 is 11.6 Å². The molecule has 4 nitrogen and oxygen atoms in total. The molecule has 0 aliphatic carbocycles. The number of hydrogen-bond donors (Lipinski definition) is 2. The summed E-state index contributed by atoms with van der Waals surface area (Å²) in [5.41, 5.74) is 2.70. The highest BCUT2D eigenvalue weighted by Gasteiger charge is 2.15. The lowest BCUT2D eigenvalue weighted by Crippen LogP contribution is -2.20. The second-order valence-corrected chi connectivity index (χ2v) is 6.92. The maximum atomic E-state index is 12.0. The summed E-state index contributed by atoms with van der Waals surface area (Å²) in [5.74, 6) is 0. The highest BCUT2D eigenvalue weighted by molar-refractivity contribution is 7.89. The summed E-state index contributed by atoms with van der Waals surface area (Å²) in [7, 11) is -2.09. The number of nitrogens with one attached hydrogen (secondary N) is 2. The van der Waals surface area contributed by atoms with Crippen molar-refractivity contribution in [3.8, 4) is 0 Å². The molecular formula is C15H17ClN2O2S. The molecule has 0 amide bonds. The molecular weight excluding hydrogens is 308 g/mol. The molecule has 0 saturated heterocycles. The SMILES string of the molecule is CNS(=O)(=O)c1ccccc1NCc1ccc(Cl)cc1C. The van der Waals surface area contributed by atoms with E-state index in [4.69, 9.17) is 11.6 Å². The molecule has 0 aliphatic rings. The van der Waals surface area contributed by atoms with E-state index in [1.807, 2.05) is 25.1 Å². The van der Waals surface area contributed by atoms with Gasteiger partial charge in [-0.3, -0.25) is 0 Å². The van der Waals surface area contributed by atoms with Gasteiger partial charge in [0.2, 0.25) is 10.0 Å². The Morgan fingerprint density at radius 1 is 1.14 bits per heavy atom. The van der Waals surface area contributed by atoms with Crippen molar-refractivity contribution in [1.29, 1.82) is 0 Å². The summed E-state index contributed by atoms with van der Waals surface area (Å²) in [6.07, 6.45) is 0. The molecule has 0 spiro atoms. The molecule has 0 aliphatic heterocycles. The van der Waals surface area contributed by atoms with Crippen LogP contribution in [-0.2, 0) is 16.6 Å². The fourth-order valence-electron chi connectivity index (χ4n) is 2.01. The van der Waals surface area contributed by atoms with Crippen molar-refractivity contribution >= 4 is 27.3 Å². The highest BCUT2D eigenvalue weighted by Crippen LogP contribution is 2.22. The standard InChI is InChI=1S/C15H17ClN2O2S/c1-11-9-13(16)8-7-12(11)10-18-14-5-3-4-6-15(14)21(19,20)17-2/h3-9,17-18H,10H2,1-2H3. The van der Waals surface area contributed by atoms with Gasteiger partial charge in [-0.15, -0.1) is 0 Å². The van der Waals surface area contributed by atoms with E-state index in [0.717, 1.165) is 11.1 Å². The van der Waals surface area contributed by atoms with E-state index in [-0.39, 0.29) is 4.90 Å². The first-order valence-electron chi connectivity index (χ1n) is 6.45. The van der Waals surface area contributed by atoms with Crippen LogP contribution in [0.5, 0.6) is 0 Å². The molecule has 21 heavy (non-hydrogen) atoms. The van der Waals surface area contributed by atoms with Crippen LogP contribution in [0.2, 0.25) is 5.02 Å². The minimum Gasteiger partial charge on any atom is -0.380 e. The molecule has 2 aromatic rings. The van der Waals surface area contributed by atoms with Gasteiger partial charge in [0.25, 0.3) is 0 Å². The number of sulfonamides is 1. The molecule has 0 heterocycles. The summed E-state index contributed by atoms with van der Waals surface area (Å²) in [4.78, 5) is 0.235. The van der Waals surface area contributed by atoms with Gasteiger partial charge in [0.05, 0.1) is 5.69 Å². The van der Waals surface area contributed by atoms with E-state index < -0.39 is 10.0 Å². The van der Waals surface area contributed by atoms with Gasteiger partial charge in [-0.05, 0) is 49.4 Å². The van der Waals surface area contributed by atoms with Gasteiger partial charge in [0.15, 0.2) is 0 Å². The Hall–Kier alpha value is -1.56. The minimum atomic E-state index is -3.48. The summed E-state index contributed by atoms with van der Waals surface area (Å²) in [6, 6.07) is 12.4. The van der Waals surface area contributed by atoms with E-state index in [9.17, 15) is 8.42 Å². The van der Waals surface area contributed by atoms with Crippen molar-refractivity contribution in [2.24, 2.45) is 0 Å². The Balaban J connectivity index is 2.25. The van der Waals surface area contributed by atoms with Gasteiger partial charge >= 0.3 is 0 Å². The van der Waals surface area contributed by atoms with Gasteiger partial charge in [0, 0.05) is 11.6 Å². The zero-order valence-corrected chi connectivity index (χ0v) is 13.4. The monoisotopic (exact) mass is 324 g/mol. The molecule has 0 radical (unpaired) electrons. The highest BCUT2D eigenvalue weighted by atomic mass is 35.5. The second kappa shape index (κ2) is 6.47. The van der Waals surface area contributed by atoms with E-state index >= 15 is 0 Å². The van der Waals surface area contributed by atoms with Crippen molar-refractivity contribution in [2.45, 2.75) is 18.4 Å². The summed E-state index contributed by atoms with van der Waals surface area (Å²) in [6.45, 7) is 2.50. The number of benzene rings is 2. The van der Waals surface area contributed by atoms with Crippen LogP contribution in [0.4, 0.5) is 5.69 Å². The molecule has 112 valence electrons. The van der Waals surface area contributed by atoms with Crippen LogP contribution in [0.25, 0.3) is 0 Å². The lowest BCUT2D eigenvalue weighted by molar-refractivity contribution is 0.588. The predicted molar refractivity (Wildman–Crippen MR) is 86.2 cm³/mol. The van der Waals surface area contributed by atoms with Crippen molar-refractivity contribution in [3.05, 3.63) is 58.6 Å². The van der Waals surface area contributed by atoms with Crippen molar-refractivity contribution < 1.29 is 8.42 Å². The van der Waals surface area contributed by atoms with Crippen molar-refractivity contribution in [2.75, 3.05) is 12.4 Å². The largest absolute Gasteiger partial charge is 0.380 e. The normalized spacial score (nSPS) is 11.4. The van der Waals surface area contributed by atoms with Crippen molar-refractivity contribution in [3.63, 3.8) is 0 Å². The molecule has 0 bridgehead atoms. The third-order valence-corrected chi connectivity index (χ3v) is 4.93. The number of halogens is 1. The molecule has 2 aromatic carbocycles. The van der Waals surface area contributed by atoms with Gasteiger partial charge < -0.3 is 5.32 Å². The Morgan fingerprint density at radius 2 is 1.86 bits per heavy atom. The Kier molecular flexibility index (Phi) is 4.88. The quantitative estimate of drug-likeness (QED) is 0.888. The molecule has 0 fully saturated rings. The average Bonchev–Trinajstić information content (AvgIpc) is 2.46. The van der Waals surface area contributed by atoms with E-state index in [1.165, 1.54) is 7.05 Å². The number of aryl methyl sites for hydroxylation is 1. The maximum Gasteiger partial charge on any atom is 0.242 e. The number of anilines is 1. The third-order valence-electron chi connectivity index (χ3n) is 3.22. The zero-order valence-electron chi connectivity index (χ0n) is 11.9. The van der Waals surface area contributed by atoms with Gasteiger partial charge in [-0.2, -0.15) is 0 Å². The second-order valence-electron chi connectivity index (χ2n) is 4.63. The molecule has 0 saturated carbocycles. The topological polar surface area (TPSA) is 58.2 Å². The van der Waals surface area contributed by atoms with Gasteiger partial charge in [-0.25, -0.2) is 13.1 Å². The molecule has 0 unspecified atom stereocenters. The third kappa shape index (κ3) is 3.75. The number of para-hydroxylation sites is 1. The first-order valence-corrected chi connectivity index (χ1v) is 8.31. The van der Waals surface area contributed by atoms with Crippen LogP contribution in [0.3, 0.4) is 0 Å². The summed E-state index contributed by atoms with van der Waals surface area (Å²) < 4.78 is 26.3. The van der Waals surface area contributed by atoms with Gasteiger partial charge in [0.1, 0.15) is 4.90 Å². The van der Waals surface area contributed by atoms with Crippen LogP contribution < -0.4 is 10.0 Å². The van der Waals surface area contributed by atoms with Crippen LogP contribution in [-0.4, -0.2) is 15.5 Å². The Bertz CT molecular complexity index is 745. The van der Waals surface area contributed by atoms with Gasteiger partial charge in [-0.1, -0.05) is 29.8 Å². The van der Waals surface area contributed by atoms with Crippen LogP contribution in [0, 0.1) is 6.92 Å². The van der Waals surface area contributed by atoms with E-state index in [1.54, 1.807) is 24.3 Å². The first-order chi connectivity index (χ1) is 9.94. The molecule has 0 aromatic heterocycles. The fraction of sp³-hybridized carbons (Fsp3) is 0.200. The fourth-order valence-corrected chi connectivity index (χ4v) is 3.14. The lowest BCUT2D eigenvalue weighted by atomic mass is 10.1. The minimum absolute atomic E-state index is 0.235. The average molecular weight is 325 g/mol. The number of hydrogen-bond acceptors (Lipinski definition) is 3. The molecule has 2 rings (SSSR count). The Labute approximate surface area is 130 Å². The molecule has 0 atom stereocenters. The Morgan fingerprint density at radius 3 is 2.52 bits per heavy atom. The zero-order chi connectivity index (χ0) is 15.5. The summed E-state index contributed by atoms with van der Waals surface area (Å²) in [5, 5.41) is 3.86. The summed E-state index contributed by atoms with van der Waals surface area (Å²) >= 11 is 5.93. The number of rotatable bonds is 5. The van der Waals surface area contributed by atoms with Crippen LogP contribution in [0.1, 0.15) is 11.1 Å². The molecule has 2 N–H and O–H groups in total. The lowest BCUT2D eigenvalue weighted by Gasteiger charge is -2.13. The van der Waals surface area contributed by atoms with Crippen molar-refractivity contribution in [1.82, 2.24) is 4.72 Å².